The lowest BCUT2D eigenvalue weighted by Gasteiger charge is -2.12. The average Bonchev–Trinajstić information content (AvgIpc) is 3.40. The number of nitrogens with one attached hydrogen (secondary N) is 1. The summed E-state index contributed by atoms with van der Waals surface area (Å²) in [6, 6.07) is 14.3. The highest BCUT2D eigenvalue weighted by molar-refractivity contribution is 6.31. The van der Waals surface area contributed by atoms with Crippen LogP contribution in [0.1, 0.15) is 27.4 Å². The van der Waals surface area contributed by atoms with Crippen LogP contribution >= 0.6 is 11.6 Å². The summed E-state index contributed by atoms with van der Waals surface area (Å²) in [4.78, 5) is 37.2. The first-order valence-electron chi connectivity index (χ1n) is 10.1. The van der Waals surface area contributed by atoms with Crippen molar-refractivity contribution in [2.24, 2.45) is 0 Å². The Labute approximate surface area is 199 Å². The predicted molar refractivity (Wildman–Crippen MR) is 122 cm³/mol. The molecule has 3 amide bonds. The number of nitrogens with zero attached hydrogens (tertiary/aromatic N) is 1. The Morgan fingerprint density at radius 2 is 1.94 bits per heavy atom. The van der Waals surface area contributed by atoms with Gasteiger partial charge in [0.15, 0.2) is 11.5 Å². The molecule has 0 aliphatic carbocycles. The van der Waals surface area contributed by atoms with Crippen molar-refractivity contribution in [1.29, 1.82) is 0 Å². The minimum atomic E-state index is -1.17. The van der Waals surface area contributed by atoms with Crippen molar-refractivity contribution in [2.75, 3.05) is 7.11 Å². The molecule has 0 bridgehead atoms. The van der Waals surface area contributed by atoms with Crippen LogP contribution in [-0.2, 0) is 17.9 Å². The highest BCUT2D eigenvalue weighted by Crippen LogP contribution is 2.30. The van der Waals surface area contributed by atoms with E-state index in [1.54, 1.807) is 42.5 Å². The van der Waals surface area contributed by atoms with Crippen molar-refractivity contribution in [2.45, 2.75) is 13.2 Å². The van der Waals surface area contributed by atoms with E-state index in [1.807, 2.05) is 0 Å². The van der Waals surface area contributed by atoms with Crippen LogP contribution in [0.3, 0.4) is 0 Å². The van der Waals surface area contributed by atoms with Gasteiger partial charge in [-0.15, -0.1) is 0 Å². The van der Waals surface area contributed by atoms with Gasteiger partial charge in [-0.1, -0.05) is 35.9 Å². The summed E-state index contributed by atoms with van der Waals surface area (Å²) in [7, 11) is 1.46. The second-order valence-corrected chi connectivity index (χ2v) is 7.65. The van der Waals surface area contributed by atoms with Crippen LogP contribution in [0.15, 0.2) is 64.7 Å². The number of halogens is 1. The second kappa shape index (κ2) is 9.72. The number of amides is 3. The highest BCUT2D eigenvalue weighted by Gasteiger charge is 2.33. The molecule has 1 aromatic heterocycles. The number of ether oxygens (including phenoxy) is 2. The van der Waals surface area contributed by atoms with Crippen LogP contribution in [-0.4, -0.2) is 35.0 Å². The third-order valence-corrected chi connectivity index (χ3v) is 5.36. The van der Waals surface area contributed by atoms with Crippen molar-refractivity contribution >= 4 is 35.6 Å². The molecule has 0 atom stereocenters. The zero-order chi connectivity index (χ0) is 24.2. The monoisotopic (exact) mass is 482 g/mol. The predicted octanol–water partition coefficient (Wildman–Crippen LogP) is 4.31. The van der Waals surface area contributed by atoms with Crippen LogP contribution in [0.25, 0.3) is 6.08 Å². The van der Waals surface area contributed by atoms with Crippen LogP contribution in [0.4, 0.5) is 4.79 Å². The number of benzene rings is 2. The molecule has 174 valence electrons. The van der Waals surface area contributed by atoms with Gasteiger partial charge in [0, 0.05) is 5.02 Å². The molecule has 1 fully saturated rings. The average molecular weight is 483 g/mol. The molecular formula is C24H19ClN2O7. The second-order valence-electron chi connectivity index (χ2n) is 7.24. The number of methoxy groups -OCH3 is 1. The molecule has 0 radical (unpaired) electrons. The number of rotatable bonds is 8. The van der Waals surface area contributed by atoms with Crippen molar-refractivity contribution in [3.05, 3.63) is 88.0 Å². The third kappa shape index (κ3) is 4.89. The van der Waals surface area contributed by atoms with Crippen molar-refractivity contribution in [3.63, 3.8) is 0 Å². The van der Waals surface area contributed by atoms with Gasteiger partial charge in [-0.05, 0) is 47.5 Å². The Morgan fingerprint density at radius 3 is 2.65 bits per heavy atom. The Kier molecular flexibility index (Phi) is 6.55. The molecule has 0 unspecified atom stereocenters. The van der Waals surface area contributed by atoms with Crippen LogP contribution in [0.5, 0.6) is 11.5 Å². The highest BCUT2D eigenvalue weighted by atomic mass is 35.5. The van der Waals surface area contributed by atoms with E-state index >= 15 is 0 Å². The molecule has 3 aromatic rings. The lowest BCUT2D eigenvalue weighted by molar-refractivity contribution is -0.123. The zero-order valence-corrected chi connectivity index (χ0v) is 18.7. The Balaban J connectivity index is 1.48. The van der Waals surface area contributed by atoms with Gasteiger partial charge in [-0.25, -0.2) is 9.59 Å². The fourth-order valence-corrected chi connectivity index (χ4v) is 3.49. The molecule has 10 heteroatoms. The number of imide groups is 1. The van der Waals surface area contributed by atoms with Crippen molar-refractivity contribution < 1.29 is 33.4 Å². The van der Waals surface area contributed by atoms with Crippen LogP contribution < -0.4 is 14.8 Å². The van der Waals surface area contributed by atoms with E-state index in [-0.39, 0.29) is 24.6 Å². The molecule has 2 heterocycles. The lowest BCUT2D eigenvalue weighted by Crippen LogP contribution is -2.30. The Morgan fingerprint density at radius 1 is 1.15 bits per heavy atom. The molecule has 0 spiro atoms. The third-order valence-electron chi connectivity index (χ3n) is 4.99. The molecule has 1 aliphatic heterocycles. The van der Waals surface area contributed by atoms with E-state index in [2.05, 4.69) is 5.32 Å². The first kappa shape index (κ1) is 22.9. The molecule has 2 N–H and O–H groups in total. The fourth-order valence-electron chi connectivity index (χ4n) is 3.29. The maximum Gasteiger partial charge on any atom is 0.371 e. The molecular weight excluding hydrogens is 464 g/mol. The molecule has 1 aliphatic rings. The van der Waals surface area contributed by atoms with E-state index in [1.165, 1.54) is 25.3 Å². The van der Waals surface area contributed by atoms with Gasteiger partial charge < -0.3 is 24.3 Å². The summed E-state index contributed by atoms with van der Waals surface area (Å²) in [5, 5.41) is 12.0. The molecule has 1 saturated heterocycles. The first-order chi connectivity index (χ1) is 16.4. The topological polar surface area (TPSA) is 118 Å². The number of carbonyl (C=O) groups is 3. The number of carboxylic acids is 1. The summed E-state index contributed by atoms with van der Waals surface area (Å²) < 4.78 is 16.2. The Hall–Kier alpha value is -4.24. The molecule has 2 aromatic carbocycles. The van der Waals surface area contributed by atoms with Crippen LogP contribution in [0, 0.1) is 0 Å². The number of furan rings is 1. The minimum absolute atomic E-state index is 0.00434. The standard InChI is InChI=1S/C24H19ClN2O7/c1-32-21-11-14(6-8-19(21)33-13-16-7-9-20(34-16)23(29)30)10-18-22(28)27(24(31)26-18)12-15-4-2-3-5-17(15)25/h2-11H,12-13H2,1H3,(H,26,31)(H,29,30). The number of carbonyl (C=O) groups excluding carboxylic acids is 2. The van der Waals surface area contributed by atoms with Gasteiger partial charge >= 0.3 is 12.0 Å². The van der Waals surface area contributed by atoms with Gasteiger partial charge in [0.25, 0.3) is 5.91 Å². The summed E-state index contributed by atoms with van der Waals surface area (Å²) in [6.07, 6.45) is 1.53. The summed E-state index contributed by atoms with van der Waals surface area (Å²) in [5.74, 6) is -0.719. The van der Waals surface area contributed by atoms with Gasteiger partial charge in [0.2, 0.25) is 5.76 Å². The van der Waals surface area contributed by atoms with Crippen molar-refractivity contribution in [3.8, 4) is 11.5 Å². The lowest BCUT2D eigenvalue weighted by atomic mass is 10.1. The fraction of sp³-hybridized carbons (Fsp3) is 0.125. The number of urea groups is 1. The maximum absolute atomic E-state index is 12.8. The van der Waals surface area contributed by atoms with Gasteiger partial charge in [0.05, 0.1) is 13.7 Å². The Bertz CT molecular complexity index is 1300. The summed E-state index contributed by atoms with van der Waals surface area (Å²) >= 11 is 6.15. The normalized spacial score (nSPS) is 14.4. The van der Waals surface area contributed by atoms with E-state index < -0.39 is 17.9 Å². The number of hydrogen-bond acceptors (Lipinski definition) is 6. The van der Waals surface area contributed by atoms with Gasteiger partial charge in [0.1, 0.15) is 18.1 Å². The summed E-state index contributed by atoms with van der Waals surface area (Å²) in [5.41, 5.74) is 1.37. The largest absolute Gasteiger partial charge is 0.493 e. The molecule has 9 nitrogen and oxygen atoms in total. The van der Waals surface area contributed by atoms with E-state index in [9.17, 15) is 14.4 Å². The van der Waals surface area contributed by atoms with E-state index in [0.29, 0.717) is 33.4 Å². The first-order valence-corrected chi connectivity index (χ1v) is 10.4. The van der Waals surface area contributed by atoms with Crippen LogP contribution in [0.2, 0.25) is 5.02 Å². The van der Waals surface area contributed by atoms with Gasteiger partial charge in [-0.2, -0.15) is 0 Å². The number of carboxylic acid groups (broad SMARTS) is 1. The van der Waals surface area contributed by atoms with Gasteiger partial charge in [-0.3, -0.25) is 9.69 Å². The number of hydrogen-bond donors (Lipinski definition) is 2. The number of aromatic carboxylic acids is 1. The van der Waals surface area contributed by atoms with E-state index in [4.69, 9.17) is 30.6 Å². The minimum Gasteiger partial charge on any atom is -0.493 e. The molecule has 0 saturated carbocycles. The molecule has 4 rings (SSSR count). The van der Waals surface area contributed by atoms with E-state index in [0.717, 1.165) is 4.90 Å². The smallest absolute Gasteiger partial charge is 0.371 e. The summed E-state index contributed by atoms with van der Waals surface area (Å²) in [6.45, 7) is 0.0454. The maximum atomic E-state index is 12.8. The zero-order valence-electron chi connectivity index (χ0n) is 17.9. The molecule has 34 heavy (non-hydrogen) atoms. The SMILES string of the molecule is COc1cc(C=C2NC(=O)N(Cc3ccccc3Cl)C2=O)ccc1OCc1ccc(C(=O)O)o1. The van der Waals surface area contributed by atoms with Crippen molar-refractivity contribution in [1.82, 2.24) is 10.2 Å². The quantitative estimate of drug-likeness (QED) is 0.362.